The van der Waals surface area contributed by atoms with Crippen molar-refractivity contribution < 1.29 is 9.72 Å². The molecule has 0 fully saturated rings. The van der Waals surface area contributed by atoms with Gasteiger partial charge in [-0.1, -0.05) is 39.7 Å². The molecule has 4 aromatic rings. The maximum Gasteiger partial charge on any atom is 0.282 e. The van der Waals surface area contributed by atoms with E-state index in [0.717, 1.165) is 10.0 Å². The minimum Gasteiger partial charge on any atom is -0.350 e. The van der Waals surface area contributed by atoms with Gasteiger partial charge in [-0.25, -0.2) is 9.67 Å². The fourth-order valence-corrected chi connectivity index (χ4v) is 3.72. The fourth-order valence-electron chi connectivity index (χ4n) is 3.28. The molecule has 2 aromatic heterocycles. The molecule has 0 saturated heterocycles. The van der Waals surface area contributed by atoms with Gasteiger partial charge in [0.25, 0.3) is 17.2 Å². The summed E-state index contributed by atoms with van der Waals surface area (Å²) in [6.45, 7) is 0.699. The van der Waals surface area contributed by atoms with Crippen molar-refractivity contribution in [1.29, 1.82) is 0 Å². The Morgan fingerprint density at radius 1 is 1.21 bits per heavy atom. The molecule has 12 heteroatoms. The molecule has 1 amide bonds. The van der Waals surface area contributed by atoms with Crippen LogP contribution in [0.2, 0.25) is 5.02 Å². The predicted molar refractivity (Wildman–Crippen MR) is 125 cm³/mol. The smallest absolute Gasteiger partial charge is 0.282 e. The highest BCUT2D eigenvalue weighted by Crippen LogP contribution is 2.22. The standard InChI is InChI=1S/C21H16BrClN6O4/c22-14-3-1-13(2-4-14)11-27-12-25-19-17(21(27)31)10-26-28(19)8-7-24-20(30)16-9-15(23)5-6-18(16)29(32)33/h1-6,9-10,12H,7-8,11H2,(H,24,30). The van der Waals surface area contributed by atoms with E-state index >= 15 is 0 Å². The van der Waals surface area contributed by atoms with Gasteiger partial charge in [-0.15, -0.1) is 0 Å². The van der Waals surface area contributed by atoms with Crippen LogP contribution < -0.4 is 10.9 Å². The van der Waals surface area contributed by atoms with Crippen LogP contribution in [-0.4, -0.2) is 36.7 Å². The van der Waals surface area contributed by atoms with Crippen molar-refractivity contribution in [1.82, 2.24) is 24.6 Å². The first-order valence-corrected chi connectivity index (χ1v) is 10.9. The van der Waals surface area contributed by atoms with E-state index in [4.69, 9.17) is 11.6 Å². The van der Waals surface area contributed by atoms with Gasteiger partial charge in [0.15, 0.2) is 5.65 Å². The lowest BCUT2D eigenvalue weighted by atomic mass is 10.1. The predicted octanol–water partition coefficient (Wildman–Crippen LogP) is 3.40. The molecule has 4 rings (SSSR count). The third-order valence-electron chi connectivity index (χ3n) is 4.90. The van der Waals surface area contributed by atoms with Crippen LogP contribution >= 0.6 is 27.5 Å². The van der Waals surface area contributed by atoms with Crippen LogP contribution in [0, 0.1) is 10.1 Å². The molecule has 0 aliphatic heterocycles. The first-order chi connectivity index (χ1) is 15.8. The summed E-state index contributed by atoms with van der Waals surface area (Å²) >= 11 is 9.26. The highest BCUT2D eigenvalue weighted by Gasteiger charge is 2.20. The third-order valence-corrected chi connectivity index (χ3v) is 5.66. The zero-order valence-corrected chi connectivity index (χ0v) is 19.3. The molecule has 2 aromatic carbocycles. The molecular weight excluding hydrogens is 516 g/mol. The van der Waals surface area contributed by atoms with Crippen LogP contribution in [0.15, 0.2) is 64.3 Å². The Labute approximate surface area is 200 Å². The number of benzene rings is 2. The first kappa shape index (κ1) is 22.6. The van der Waals surface area contributed by atoms with Crippen LogP contribution in [0.1, 0.15) is 15.9 Å². The van der Waals surface area contributed by atoms with Crippen molar-refractivity contribution in [2.45, 2.75) is 13.1 Å². The molecule has 2 heterocycles. The second-order valence-electron chi connectivity index (χ2n) is 7.08. The van der Waals surface area contributed by atoms with Crippen LogP contribution in [-0.2, 0) is 13.1 Å². The molecule has 0 saturated carbocycles. The Balaban J connectivity index is 1.47. The number of halogens is 2. The lowest BCUT2D eigenvalue weighted by Gasteiger charge is -2.08. The van der Waals surface area contributed by atoms with E-state index in [1.165, 1.54) is 40.0 Å². The quantitative estimate of drug-likeness (QED) is 0.288. The van der Waals surface area contributed by atoms with E-state index in [1.807, 2.05) is 24.3 Å². The van der Waals surface area contributed by atoms with Crippen LogP contribution in [0.25, 0.3) is 11.0 Å². The van der Waals surface area contributed by atoms with Gasteiger partial charge in [-0.2, -0.15) is 5.10 Å². The summed E-state index contributed by atoms with van der Waals surface area (Å²) in [4.78, 5) is 40.1. The van der Waals surface area contributed by atoms with Crippen LogP contribution in [0.5, 0.6) is 0 Å². The zero-order chi connectivity index (χ0) is 23.5. The van der Waals surface area contributed by atoms with E-state index in [0.29, 0.717) is 17.6 Å². The van der Waals surface area contributed by atoms with Crippen molar-refractivity contribution in [3.8, 4) is 0 Å². The number of carbonyl (C=O) groups is 1. The highest BCUT2D eigenvalue weighted by atomic mass is 79.9. The van der Waals surface area contributed by atoms with E-state index in [9.17, 15) is 19.7 Å². The molecule has 1 N–H and O–H groups in total. The first-order valence-electron chi connectivity index (χ1n) is 9.71. The van der Waals surface area contributed by atoms with Crippen LogP contribution in [0.3, 0.4) is 0 Å². The number of nitrogens with zero attached hydrogens (tertiary/aromatic N) is 5. The maximum absolute atomic E-state index is 12.8. The van der Waals surface area contributed by atoms with Gasteiger partial charge in [-0.3, -0.25) is 24.3 Å². The number of nitrogens with one attached hydrogen (secondary N) is 1. The maximum atomic E-state index is 12.8. The van der Waals surface area contributed by atoms with Gasteiger partial charge in [-0.05, 0) is 29.8 Å². The fraction of sp³-hybridized carbons (Fsp3) is 0.143. The summed E-state index contributed by atoms with van der Waals surface area (Å²) < 4.78 is 3.94. The molecule has 168 valence electrons. The summed E-state index contributed by atoms with van der Waals surface area (Å²) in [7, 11) is 0. The van der Waals surface area contributed by atoms with Gasteiger partial charge < -0.3 is 5.32 Å². The monoisotopic (exact) mass is 530 g/mol. The molecule has 0 unspecified atom stereocenters. The number of nitro benzene ring substituents is 1. The molecule has 0 atom stereocenters. The van der Waals surface area contributed by atoms with E-state index in [-0.39, 0.29) is 34.9 Å². The molecular formula is C21H16BrClN6O4. The van der Waals surface area contributed by atoms with E-state index in [1.54, 1.807) is 0 Å². The van der Waals surface area contributed by atoms with Crippen molar-refractivity contribution >= 4 is 50.2 Å². The van der Waals surface area contributed by atoms with Crippen molar-refractivity contribution in [3.05, 3.63) is 96.1 Å². The number of aromatic nitrogens is 4. The Hall–Kier alpha value is -3.57. The average Bonchev–Trinajstić information content (AvgIpc) is 3.20. The number of amides is 1. The molecule has 0 radical (unpaired) electrons. The normalized spacial score (nSPS) is 11.0. The lowest BCUT2D eigenvalue weighted by molar-refractivity contribution is -0.385. The number of nitro groups is 1. The number of fused-ring (bicyclic) bond motifs is 1. The van der Waals surface area contributed by atoms with Gasteiger partial charge in [0.1, 0.15) is 17.3 Å². The molecule has 0 spiro atoms. The minimum atomic E-state index is -0.643. The summed E-state index contributed by atoms with van der Waals surface area (Å²) in [5.74, 6) is -0.634. The minimum absolute atomic E-state index is 0.114. The number of carbonyl (C=O) groups excluding carboxylic acids is 1. The van der Waals surface area contributed by atoms with Gasteiger partial charge in [0, 0.05) is 22.1 Å². The Morgan fingerprint density at radius 2 is 1.97 bits per heavy atom. The molecule has 10 nitrogen and oxygen atoms in total. The largest absolute Gasteiger partial charge is 0.350 e. The highest BCUT2D eigenvalue weighted by molar-refractivity contribution is 9.10. The Kier molecular flexibility index (Phi) is 6.52. The number of hydrogen-bond donors (Lipinski definition) is 1. The van der Waals surface area contributed by atoms with E-state index < -0.39 is 10.8 Å². The topological polar surface area (TPSA) is 125 Å². The van der Waals surface area contributed by atoms with Crippen molar-refractivity contribution in [3.63, 3.8) is 0 Å². The average molecular weight is 532 g/mol. The second kappa shape index (κ2) is 9.51. The van der Waals surface area contributed by atoms with Crippen LogP contribution in [0.4, 0.5) is 5.69 Å². The van der Waals surface area contributed by atoms with Gasteiger partial charge in [0.05, 0.1) is 24.2 Å². The number of rotatable bonds is 7. The summed E-state index contributed by atoms with van der Waals surface area (Å²) in [6, 6.07) is 11.4. The third kappa shape index (κ3) is 4.94. The zero-order valence-electron chi connectivity index (χ0n) is 16.9. The number of hydrogen-bond acceptors (Lipinski definition) is 6. The second-order valence-corrected chi connectivity index (χ2v) is 8.44. The van der Waals surface area contributed by atoms with Gasteiger partial charge >= 0.3 is 0 Å². The summed E-state index contributed by atoms with van der Waals surface area (Å²) in [6.07, 6.45) is 2.89. The Morgan fingerprint density at radius 3 is 2.70 bits per heavy atom. The SMILES string of the molecule is O=C(NCCn1ncc2c(=O)n(Cc3ccc(Br)cc3)cnc21)c1cc(Cl)ccc1[N+](=O)[O-]. The van der Waals surface area contributed by atoms with Crippen molar-refractivity contribution in [2.24, 2.45) is 0 Å². The van der Waals surface area contributed by atoms with E-state index in [2.05, 4.69) is 31.3 Å². The summed E-state index contributed by atoms with van der Waals surface area (Å²) in [5.41, 5.74) is 0.635. The van der Waals surface area contributed by atoms with Crippen molar-refractivity contribution in [2.75, 3.05) is 6.54 Å². The summed E-state index contributed by atoms with van der Waals surface area (Å²) in [5, 5.41) is 18.5. The molecule has 0 aliphatic carbocycles. The molecule has 33 heavy (non-hydrogen) atoms. The van der Waals surface area contributed by atoms with Gasteiger partial charge in [0.2, 0.25) is 0 Å². The molecule has 0 aliphatic rings. The molecule has 0 bridgehead atoms. The lowest BCUT2D eigenvalue weighted by Crippen LogP contribution is -2.28. The Bertz CT molecular complexity index is 1420.